The van der Waals surface area contributed by atoms with E-state index in [1.54, 1.807) is 38.1 Å². The molecule has 1 unspecified atom stereocenters. The number of nitrogens with zero attached hydrogens (tertiary/aromatic N) is 3. The molecule has 0 spiro atoms. The lowest BCUT2D eigenvalue weighted by molar-refractivity contribution is -0.152. The van der Waals surface area contributed by atoms with Gasteiger partial charge in [-0.2, -0.15) is 13.2 Å². The molecule has 12 heteroatoms. The van der Waals surface area contributed by atoms with Crippen molar-refractivity contribution in [3.8, 4) is 0 Å². The number of carbonyl (C=O) groups excluding carboxylic acids is 3. The predicted molar refractivity (Wildman–Crippen MR) is 121 cm³/mol. The topological polar surface area (TPSA) is 91.8 Å². The average Bonchev–Trinajstić information content (AvgIpc) is 2.79. The van der Waals surface area contributed by atoms with Crippen LogP contribution in [-0.2, 0) is 27.0 Å². The first-order chi connectivity index (χ1) is 16.3. The second-order valence-electron chi connectivity index (χ2n) is 8.66. The number of anilines is 1. The third kappa shape index (κ3) is 6.21. The summed E-state index contributed by atoms with van der Waals surface area (Å²) >= 11 is 5.94. The van der Waals surface area contributed by atoms with Gasteiger partial charge >= 0.3 is 18.2 Å². The predicted octanol–water partition coefficient (Wildman–Crippen LogP) is 4.55. The number of amides is 3. The molecule has 2 aromatic rings. The van der Waals surface area contributed by atoms with Gasteiger partial charge in [-0.1, -0.05) is 29.8 Å². The van der Waals surface area contributed by atoms with Gasteiger partial charge in [0.2, 0.25) is 5.91 Å². The van der Waals surface area contributed by atoms with Gasteiger partial charge in [-0.05, 0) is 43.7 Å². The smallest absolute Gasteiger partial charge is 0.433 e. The summed E-state index contributed by atoms with van der Waals surface area (Å²) in [5.74, 6) is -1.34. The molecule has 188 valence electrons. The third-order valence-corrected chi connectivity index (χ3v) is 5.69. The molecule has 1 fully saturated rings. The molecule has 0 radical (unpaired) electrons. The van der Waals surface area contributed by atoms with E-state index in [0.717, 1.165) is 11.0 Å². The van der Waals surface area contributed by atoms with E-state index in [4.69, 9.17) is 16.3 Å². The highest BCUT2D eigenvalue weighted by Crippen LogP contribution is 2.30. The van der Waals surface area contributed by atoms with Crippen LogP contribution in [0, 0.1) is 5.41 Å². The zero-order valence-electron chi connectivity index (χ0n) is 19.2. The van der Waals surface area contributed by atoms with Crippen molar-refractivity contribution in [1.82, 2.24) is 14.8 Å². The van der Waals surface area contributed by atoms with Crippen molar-refractivity contribution in [2.24, 2.45) is 5.41 Å². The van der Waals surface area contributed by atoms with Crippen LogP contribution >= 0.6 is 11.6 Å². The molecule has 0 bridgehead atoms. The van der Waals surface area contributed by atoms with Crippen molar-refractivity contribution in [3.05, 3.63) is 58.7 Å². The van der Waals surface area contributed by atoms with Gasteiger partial charge in [0.15, 0.2) is 0 Å². The van der Waals surface area contributed by atoms with Crippen LogP contribution in [-0.4, -0.2) is 52.5 Å². The van der Waals surface area contributed by atoms with E-state index in [2.05, 4.69) is 10.3 Å². The van der Waals surface area contributed by atoms with Gasteiger partial charge in [-0.25, -0.2) is 9.78 Å². The molecule has 1 aliphatic rings. The average molecular weight is 513 g/mol. The van der Waals surface area contributed by atoms with Crippen LogP contribution in [0.15, 0.2) is 42.5 Å². The summed E-state index contributed by atoms with van der Waals surface area (Å²) in [7, 11) is 1.21. The number of imide groups is 1. The summed E-state index contributed by atoms with van der Waals surface area (Å²) in [6.07, 6.45) is -5.90. The fourth-order valence-corrected chi connectivity index (χ4v) is 3.74. The zero-order chi connectivity index (χ0) is 26.0. The third-order valence-electron chi connectivity index (χ3n) is 5.43. The first-order valence-corrected chi connectivity index (χ1v) is 10.9. The molecule has 1 saturated heterocycles. The number of halogens is 4. The van der Waals surface area contributed by atoms with E-state index < -0.39 is 41.4 Å². The molecule has 0 saturated carbocycles. The standard InChI is InChI=1S/C23H24ClF3N4O4/c1-22(2,20(33)35-3)13-31-19(32)11-18(29-17-6-4-5-16(28-17)23(25,26)27)30(21(31)34)12-14-7-9-15(24)10-8-14/h4-10,18H,11-13H2,1-3H3,(H,28,29). The lowest BCUT2D eigenvalue weighted by Crippen LogP contribution is -2.60. The Morgan fingerprint density at radius 2 is 1.83 bits per heavy atom. The van der Waals surface area contributed by atoms with Gasteiger partial charge in [0.25, 0.3) is 0 Å². The number of hydrogen-bond acceptors (Lipinski definition) is 6. The van der Waals surface area contributed by atoms with Gasteiger partial charge in [-0.3, -0.25) is 19.4 Å². The molecular weight excluding hydrogens is 489 g/mol. The molecule has 2 heterocycles. The lowest BCUT2D eigenvalue weighted by Gasteiger charge is -2.42. The monoisotopic (exact) mass is 512 g/mol. The van der Waals surface area contributed by atoms with E-state index in [-0.39, 0.29) is 25.3 Å². The van der Waals surface area contributed by atoms with Crippen molar-refractivity contribution in [2.45, 2.75) is 39.2 Å². The highest BCUT2D eigenvalue weighted by Gasteiger charge is 2.43. The molecule has 1 aromatic heterocycles. The number of benzene rings is 1. The second-order valence-corrected chi connectivity index (χ2v) is 9.10. The Bertz CT molecular complexity index is 1110. The van der Waals surface area contributed by atoms with Crippen molar-refractivity contribution in [3.63, 3.8) is 0 Å². The van der Waals surface area contributed by atoms with Crippen LogP contribution in [0.5, 0.6) is 0 Å². The van der Waals surface area contributed by atoms with Gasteiger partial charge in [0, 0.05) is 18.1 Å². The lowest BCUT2D eigenvalue weighted by atomic mass is 9.92. The molecular formula is C23H24ClF3N4O4. The Morgan fingerprint density at radius 3 is 2.43 bits per heavy atom. The molecule has 1 aromatic carbocycles. The van der Waals surface area contributed by atoms with Crippen LogP contribution in [0.25, 0.3) is 0 Å². The molecule has 3 rings (SSSR count). The Kier molecular flexibility index (Phi) is 7.59. The number of hydrogen-bond donors (Lipinski definition) is 1. The van der Waals surface area contributed by atoms with Crippen molar-refractivity contribution in [1.29, 1.82) is 0 Å². The zero-order valence-corrected chi connectivity index (χ0v) is 20.0. The van der Waals surface area contributed by atoms with Gasteiger partial charge in [0.05, 0.1) is 18.9 Å². The fourth-order valence-electron chi connectivity index (χ4n) is 3.61. The highest BCUT2D eigenvalue weighted by molar-refractivity contribution is 6.30. The largest absolute Gasteiger partial charge is 0.469 e. The number of alkyl halides is 3. The fraction of sp³-hybridized carbons (Fsp3) is 0.391. The number of ether oxygens (including phenoxy) is 1. The van der Waals surface area contributed by atoms with E-state index in [1.807, 2.05) is 0 Å². The quantitative estimate of drug-likeness (QED) is 0.547. The number of nitrogens with one attached hydrogen (secondary N) is 1. The summed E-state index contributed by atoms with van der Waals surface area (Å²) in [5.41, 5.74) is -1.61. The maximum atomic E-state index is 13.4. The number of pyridine rings is 1. The van der Waals surface area contributed by atoms with Crippen molar-refractivity contribution in [2.75, 3.05) is 19.0 Å². The molecule has 0 aliphatic carbocycles. The van der Waals surface area contributed by atoms with Crippen LogP contribution in [0.4, 0.5) is 23.8 Å². The highest BCUT2D eigenvalue weighted by atomic mass is 35.5. The SMILES string of the molecule is COC(=O)C(C)(C)CN1C(=O)CC(Nc2cccc(C(F)(F)F)n2)N(Cc2ccc(Cl)cc2)C1=O. The summed E-state index contributed by atoms with van der Waals surface area (Å²) in [5, 5.41) is 3.27. The normalized spacial score (nSPS) is 16.9. The minimum atomic E-state index is -4.66. The Labute approximate surface area is 205 Å². The molecule has 1 atom stereocenters. The first-order valence-electron chi connectivity index (χ1n) is 10.6. The van der Waals surface area contributed by atoms with E-state index in [9.17, 15) is 27.6 Å². The van der Waals surface area contributed by atoms with Gasteiger partial charge < -0.3 is 10.1 Å². The molecule has 8 nitrogen and oxygen atoms in total. The molecule has 35 heavy (non-hydrogen) atoms. The van der Waals surface area contributed by atoms with E-state index in [1.165, 1.54) is 24.1 Å². The second kappa shape index (κ2) is 10.1. The Morgan fingerprint density at radius 1 is 1.17 bits per heavy atom. The maximum absolute atomic E-state index is 13.4. The van der Waals surface area contributed by atoms with Gasteiger partial charge in [0.1, 0.15) is 17.7 Å². The summed E-state index contributed by atoms with van der Waals surface area (Å²) in [6, 6.07) is 9.25. The van der Waals surface area contributed by atoms with Crippen LogP contribution in [0.1, 0.15) is 31.5 Å². The number of methoxy groups -OCH3 is 1. The number of urea groups is 1. The van der Waals surface area contributed by atoms with Crippen molar-refractivity contribution < 1.29 is 32.3 Å². The number of aromatic nitrogens is 1. The summed E-state index contributed by atoms with van der Waals surface area (Å²) < 4.78 is 44.1. The minimum absolute atomic E-state index is 0.0229. The molecule has 1 N–H and O–H groups in total. The number of carbonyl (C=O) groups is 3. The van der Waals surface area contributed by atoms with Crippen molar-refractivity contribution >= 4 is 35.3 Å². The van der Waals surface area contributed by atoms with E-state index >= 15 is 0 Å². The van der Waals surface area contributed by atoms with Gasteiger partial charge in [-0.15, -0.1) is 0 Å². The summed E-state index contributed by atoms with van der Waals surface area (Å²) in [4.78, 5) is 44.3. The first kappa shape index (κ1) is 26.3. The number of esters is 1. The van der Waals surface area contributed by atoms with Crippen LogP contribution < -0.4 is 5.32 Å². The Hall–Kier alpha value is -3.34. The Balaban J connectivity index is 1.92. The minimum Gasteiger partial charge on any atom is -0.469 e. The van der Waals surface area contributed by atoms with Crippen LogP contribution in [0.3, 0.4) is 0 Å². The molecule has 1 aliphatic heterocycles. The summed E-state index contributed by atoms with van der Waals surface area (Å²) in [6.45, 7) is 2.87. The van der Waals surface area contributed by atoms with E-state index in [0.29, 0.717) is 10.6 Å². The molecule has 3 amide bonds. The van der Waals surface area contributed by atoms with Crippen LogP contribution in [0.2, 0.25) is 5.02 Å². The maximum Gasteiger partial charge on any atom is 0.433 e. The number of rotatable bonds is 7.